The van der Waals surface area contributed by atoms with E-state index in [1.165, 1.54) is 0 Å². The highest BCUT2D eigenvalue weighted by Crippen LogP contribution is 2.29. The molecule has 1 atom stereocenters. The van der Waals surface area contributed by atoms with E-state index in [2.05, 4.69) is 37.2 Å². The zero-order valence-corrected chi connectivity index (χ0v) is 13.9. The Morgan fingerprint density at radius 3 is 2.60 bits per heavy atom. The number of carbonyl (C=O) groups is 1. The summed E-state index contributed by atoms with van der Waals surface area (Å²) in [5, 5.41) is 12.3. The van der Waals surface area contributed by atoms with Gasteiger partial charge in [0.05, 0.1) is 5.56 Å². The molecule has 0 aromatic heterocycles. The van der Waals surface area contributed by atoms with E-state index < -0.39 is 5.97 Å². The van der Waals surface area contributed by atoms with Crippen LogP contribution in [0.2, 0.25) is 0 Å². The first-order valence-electron chi connectivity index (χ1n) is 6.02. The van der Waals surface area contributed by atoms with E-state index in [4.69, 9.17) is 5.11 Å². The molecule has 2 rings (SSSR count). The maximum Gasteiger partial charge on any atom is 0.335 e. The summed E-state index contributed by atoms with van der Waals surface area (Å²) in [7, 11) is 0. The number of hydrogen-bond acceptors (Lipinski definition) is 2. The van der Waals surface area contributed by atoms with E-state index in [1.807, 2.05) is 31.2 Å². The van der Waals surface area contributed by atoms with Crippen molar-refractivity contribution in [2.24, 2.45) is 0 Å². The van der Waals surface area contributed by atoms with Crippen molar-refractivity contribution in [1.29, 1.82) is 0 Å². The van der Waals surface area contributed by atoms with Gasteiger partial charge in [0, 0.05) is 20.7 Å². The molecule has 20 heavy (non-hydrogen) atoms. The second-order valence-corrected chi connectivity index (χ2v) is 6.19. The van der Waals surface area contributed by atoms with Gasteiger partial charge in [-0.25, -0.2) is 4.79 Å². The SMILES string of the molecule is CC(Nc1cccc(C(=O)O)c1)c1ccc(Br)cc1Br. The van der Waals surface area contributed by atoms with Crippen molar-refractivity contribution in [3.05, 3.63) is 62.5 Å². The Hall–Kier alpha value is -1.33. The van der Waals surface area contributed by atoms with Crippen LogP contribution in [-0.4, -0.2) is 11.1 Å². The molecule has 104 valence electrons. The fraction of sp³-hybridized carbons (Fsp3) is 0.133. The van der Waals surface area contributed by atoms with E-state index in [0.29, 0.717) is 0 Å². The summed E-state index contributed by atoms with van der Waals surface area (Å²) in [4.78, 5) is 11.0. The molecule has 2 aromatic carbocycles. The molecule has 3 nitrogen and oxygen atoms in total. The zero-order chi connectivity index (χ0) is 14.7. The minimum atomic E-state index is -0.925. The van der Waals surface area contributed by atoms with Crippen LogP contribution in [0.15, 0.2) is 51.4 Å². The standard InChI is InChI=1S/C15H13Br2NO2/c1-9(13-6-5-11(16)8-14(13)17)18-12-4-2-3-10(7-12)15(19)20/h2-9,18H,1H3,(H,19,20). The van der Waals surface area contributed by atoms with Crippen molar-refractivity contribution in [3.8, 4) is 0 Å². The Bertz CT molecular complexity index is 644. The van der Waals surface area contributed by atoms with Crippen LogP contribution in [0.1, 0.15) is 28.9 Å². The Morgan fingerprint density at radius 2 is 1.95 bits per heavy atom. The molecule has 0 spiro atoms. The smallest absolute Gasteiger partial charge is 0.335 e. The molecule has 0 bridgehead atoms. The van der Waals surface area contributed by atoms with Crippen molar-refractivity contribution < 1.29 is 9.90 Å². The van der Waals surface area contributed by atoms with Gasteiger partial charge in [-0.3, -0.25) is 0 Å². The molecule has 0 radical (unpaired) electrons. The molecule has 2 N–H and O–H groups in total. The van der Waals surface area contributed by atoms with Crippen LogP contribution in [0.25, 0.3) is 0 Å². The van der Waals surface area contributed by atoms with Crippen molar-refractivity contribution in [1.82, 2.24) is 0 Å². The second-order valence-electron chi connectivity index (χ2n) is 4.42. The van der Waals surface area contributed by atoms with E-state index in [9.17, 15) is 4.79 Å². The number of aromatic carboxylic acids is 1. The molecule has 0 aliphatic heterocycles. The summed E-state index contributed by atoms with van der Waals surface area (Å²) in [5.41, 5.74) is 2.17. The Morgan fingerprint density at radius 1 is 1.20 bits per heavy atom. The van der Waals surface area contributed by atoms with Crippen LogP contribution < -0.4 is 5.32 Å². The van der Waals surface area contributed by atoms with Gasteiger partial charge in [-0.15, -0.1) is 0 Å². The van der Waals surface area contributed by atoms with Crippen molar-refractivity contribution in [3.63, 3.8) is 0 Å². The van der Waals surface area contributed by atoms with Crippen molar-refractivity contribution >= 4 is 43.5 Å². The second kappa shape index (κ2) is 6.41. The maximum absolute atomic E-state index is 11.0. The van der Waals surface area contributed by atoms with Crippen LogP contribution in [0.3, 0.4) is 0 Å². The first-order valence-corrected chi connectivity index (χ1v) is 7.61. The third-order valence-electron chi connectivity index (χ3n) is 2.92. The van der Waals surface area contributed by atoms with Gasteiger partial charge in [0.1, 0.15) is 0 Å². The van der Waals surface area contributed by atoms with E-state index in [1.54, 1.807) is 18.2 Å². The number of carboxylic acids is 1. The number of halogens is 2. The summed E-state index contributed by atoms with van der Waals surface area (Å²) < 4.78 is 2.01. The molecule has 0 heterocycles. The van der Waals surface area contributed by atoms with Gasteiger partial charge in [0.15, 0.2) is 0 Å². The number of rotatable bonds is 4. The molecule has 0 aliphatic rings. The molecule has 0 saturated carbocycles. The van der Waals surface area contributed by atoms with Crippen LogP contribution >= 0.6 is 31.9 Å². The predicted octanol–water partition coefficient (Wildman–Crippen LogP) is 5.08. The highest BCUT2D eigenvalue weighted by molar-refractivity contribution is 9.11. The molecule has 5 heteroatoms. The number of anilines is 1. The van der Waals surface area contributed by atoms with Gasteiger partial charge in [0.25, 0.3) is 0 Å². The summed E-state index contributed by atoms with van der Waals surface area (Å²) in [5.74, 6) is -0.925. The first kappa shape index (κ1) is 15.1. The maximum atomic E-state index is 11.0. The molecule has 1 unspecified atom stereocenters. The minimum absolute atomic E-state index is 0.0570. The van der Waals surface area contributed by atoms with E-state index in [0.717, 1.165) is 20.2 Å². The number of benzene rings is 2. The Labute approximate surface area is 134 Å². The average Bonchev–Trinajstić information content (AvgIpc) is 2.38. The normalized spacial score (nSPS) is 11.9. The van der Waals surface area contributed by atoms with Gasteiger partial charge >= 0.3 is 5.97 Å². The van der Waals surface area contributed by atoms with Gasteiger partial charge in [-0.1, -0.05) is 44.0 Å². The van der Waals surface area contributed by atoms with Gasteiger partial charge in [-0.2, -0.15) is 0 Å². The molecule has 0 fully saturated rings. The average molecular weight is 399 g/mol. The van der Waals surface area contributed by atoms with Crippen LogP contribution in [-0.2, 0) is 0 Å². The van der Waals surface area contributed by atoms with Gasteiger partial charge < -0.3 is 10.4 Å². The molecule has 0 saturated heterocycles. The van der Waals surface area contributed by atoms with Gasteiger partial charge in [-0.05, 0) is 42.8 Å². The lowest BCUT2D eigenvalue weighted by molar-refractivity contribution is 0.0697. The quantitative estimate of drug-likeness (QED) is 0.754. The van der Waals surface area contributed by atoms with Crippen LogP contribution in [0.4, 0.5) is 5.69 Å². The molecular weight excluding hydrogens is 386 g/mol. The van der Waals surface area contributed by atoms with Crippen molar-refractivity contribution in [2.75, 3.05) is 5.32 Å². The first-order chi connectivity index (χ1) is 9.47. The van der Waals surface area contributed by atoms with E-state index >= 15 is 0 Å². The Balaban J connectivity index is 2.21. The van der Waals surface area contributed by atoms with Crippen LogP contribution in [0, 0.1) is 0 Å². The third-order valence-corrected chi connectivity index (χ3v) is 4.10. The largest absolute Gasteiger partial charge is 0.478 e. The number of carboxylic acid groups (broad SMARTS) is 1. The lowest BCUT2D eigenvalue weighted by Crippen LogP contribution is -2.08. The number of nitrogens with one attached hydrogen (secondary N) is 1. The zero-order valence-electron chi connectivity index (χ0n) is 10.7. The minimum Gasteiger partial charge on any atom is -0.478 e. The Kier molecular flexibility index (Phi) is 4.83. The highest BCUT2D eigenvalue weighted by Gasteiger charge is 2.10. The highest BCUT2D eigenvalue weighted by atomic mass is 79.9. The van der Waals surface area contributed by atoms with Crippen molar-refractivity contribution in [2.45, 2.75) is 13.0 Å². The predicted molar refractivity (Wildman–Crippen MR) is 87.3 cm³/mol. The molecule has 2 aromatic rings. The summed E-state index contributed by atoms with van der Waals surface area (Å²) in [6.45, 7) is 2.03. The fourth-order valence-electron chi connectivity index (χ4n) is 1.92. The van der Waals surface area contributed by atoms with E-state index in [-0.39, 0.29) is 11.6 Å². The fourth-order valence-corrected chi connectivity index (χ4v) is 3.31. The molecule has 0 amide bonds. The lowest BCUT2D eigenvalue weighted by Gasteiger charge is -2.17. The summed E-state index contributed by atoms with van der Waals surface area (Å²) >= 11 is 6.96. The monoisotopic (exact) mass is 397 g/mol. The topological polar surface area (TPSA) is 49.3 Å². The molecule has 0 aliphatic carbocycles. The molecular formula is C15H13Br2NO2. The summed E-state index contributed by atoms with van der Waals surface area (Å²) in [6.07, 6.45) is 0. The number of hydrogen-bond donors (Lipinski definition) is 2. The third kappa shape index (κ3) is 3.61. The van der Waals surface area contributed by atoms with Crippen LogP contribution in [0.5, 0.6) is 0 Å². The summed E-state index contributed by atoms with van der Waals surface area (Å²) in [6, 6.07) is 12.8. The van der Waals surface area contributed by atoms with Gasteiger partial charge in [0.2, 0.25) is 0 Å². The lowest BCUT2D eigenvalue weighted by atomic mass is 10.1.